The van der Waals surface area contributed by atoms with Gasteiger partial charge in [0.25, 0.3) is 0 Å². The van der Waals surface area contributed by atoms with Crippen LogP contribution in [0.25, 0.3) is 106 Å². The number of fused-ring (bicyclic) bond motifs is 3. The van der Waals surface area contributed by atoms with Crippen LogP contribution < -0.4 is 0 Å². The number of nitrogens with zero attached hydrogens (tertiary/aromatic N) is 4. The molecule has 0 saturated heterocycles. The monoisotopic (exact) mass is 778 g/mol. The molecule has 0 aliphatic rings. The summed E-state index contributed by atoms with van der Waals surface area (Å²) in [4.78, 5) is 10.7. The Kier molecular flexibility index (Phi) is 9.14. The normalized spacial score (nSPS) is 11.3. The largest absolute Gasteiger partial charge is 0.231 e. The lowest BCUT2D eigenvalue weighted by Crippen LogP contribution is -2.00. The third-order valence-electron chi connectivity index (χ3n) is 11.4. The molecule has 0 N–H and O–H groups in total. The highest BCUT2D eigenvalue weighted by molar-refractivity contribution is 6.13. The molecular formula is C57H38N4. The maximum Gasteiger partial charge on any atom is 0.160 e. The average molecular weight is 779 g/mol. The van der Waals surface area contributed by atoms with Crippen LogP contribution in [0.1, 0.15) is 0 Å². The Hall–Kier alpha value is -8.21. The van der Waals surface area contributed by atoms with Gasteiger partial charge < -0.3 is 0 Å². The second-order valence-corrected chi connectivity index (χ2v) is 15.3. The molecule has 11 aromatic rings. The van der Waals surface area contributed by atoms with Crippen molar-refractivity contribution in [3.63, 3.8) is 0 Å². The van der Waals surface area contributed by atoms with Gasteiger partial charge in [-0.15, -0.1) is 0 Å². The molecule has 0 amide bonds. The minimum atomic E-state index is 0.654. The first-order chi connectivity index (χ1) is 30.2. The number of hydrogen-bond acceptors (Lipinski definition) is 3. The van der Waals surface area contributed by atoms with Gasteiger partial charge in [-0.1, -0.05) is 194 Å². The molecule has 0 aliphatic carbocycles. The van der Waals surface area contributed by atoms with Crippen molar-refractivity contribution in [2.24, 2.45) is 0 Å². The minimum Gasteiger partial charge on any atom is -0.231 e. The topological polar surface area (TPSA) is 43.1 Å². The Labute approximate surface area is 354 Å². The smallest absolute Gasteiger partial charge is 0.160 e. The van der Waals surface area contributed by atoms with Gasteiger partial charge in [0.05, 0.1) is 28.8 Å². The molecule has 0 aliphatic heterocycles. The van der Waals surface area contributed by atoms with Crippen LogP contribution >= 0.6 is 0 Å². The van der Waals surface area contributed by atoms with E-state index in [2.05, 4.69) is 223 Å². The first-order valence-corrected chi connectivity index (χ1v) is 20.6. The standard InChI is InChI=1S/C57H38N4/c1-6-19-39(20-7-1)46-34-47(40-21-8-2-9-22-40)36-48(35-46)53-37-52(42-25-12-4-13-26-42)59-57(60-53)45-30-18-29-44(33-45)54-49-31-16-17-32-50(49)56-51(41-23-10-3-11-24-41)38-58-61(56)55(54)43-27-14-5-15-28-43/h1-38H. The van der Waals surface area contributed by atoms with Crippen molar-refractivity contribution in [2.45, 2.75) is 0 Å². The number of hydrogen-bond donors (Lipinski definition) is 0. The Bertz CT molecular complexity index is 3270. The first-order valence-electron chi connectivity index (χ1n) is 20.6. The Morgan fingerprint density at radius 1 is 0.311 bits per heavy atom. The molecule has 0 bridgehead atoms. The second kappa shape index (κ2) is 15.5. The molecule has 0 fully saturated rings. The SMILES string of the molecule is c1ccc(-c2cc(-c3ccccc3)cc(-c3cc(-c4ccccc4)nc(-c4cccc(-c5c(-c6ccccc6)n6ncc(-c7ccccc7)c6c6ccccc56)c4)n3)c2)cc1. The molecule has 4 heteroatoms. The average Bonchev–Trinajstić information content (AvgIpc) is 3.80. The molecule has 0 atom stereocenters. The van der Waals surface area contributed by atoms with E-state index < -0.39 is 0 Å². The highest BCUT2D eigenvalue weighted by Gasteiger charge is 2.22. The molecule has 61 heavy (non-hydrogen) atoms. The van der Waals surface area contributed by atoms with Crippen LogP contribution in [0.4, 0.5) is 0 Å². The van der Waals surface area contributed by atoms with Gasteiger partial charge in [0, 0.05) is 38.8 Å². The van der Waals surface area contributed by atoms with E-state index in [4.69, 9.17) is 15.1 Å². The fourth-order valence-electron chi connectivity index (χ4n) is 8.57. The van der Waals surface area contributed by atoms with Crippen LogP contribution in [0.2, 0.25) is 0 Å². The highest BCUT2D eigenvalue weighted by atomic mass is 15.2. The van der Waals surface area contributed by atoms with E-state index in [-0.39, 0.29) is 0 Å². The molecule has 3 aromatic heterocycles. The number of benzene rings is 8. The van der Waals surface area contributed by atoms with Gasteiger partial charge in [-0.05, 0) is 69.1 Å². The molecular weight excluding hydrogens is 741 g/mol. The summed E-state index contributed by atoms with van der Waals surface area (Å²) in [6.07, 6.45) is 2.00. The minimum absolute atomic E-state index is 0.654. The lowest BCUT2D eigenvalue weighted by molar-refractivity contribution is 0.976. The number of pyridine rings is 1. The van der Waals surface area contributed by atoms with Crippen molar-refractivity contribution in [1.29, 1.82) is 0 Å². The molecule has 8 aromatic carbocycles. The summed E-state index contributed by atoms with van der Waals surface area (Å²) >= 11 is 0. The van der Waals surface area contributed by atoms with E-state index in [0.29, 0.717) is 5.82 Å². The zero-order valence-corrected chi connectivity index (χ0v) is 33.2. The maximum absolute atomic E-state index is 5.40. The van der Waals surface area contributed by atoms with Crippen LogP contribution in [0.3, 0.4) is 0 Å². The number of aromatic nitrogens is 4. The summed E-state index contributed by atoms with van der Waals surface area (Å²) in [6, 6.07) is 78.9. The van der Waals surface area contributed by atoms with Gasteiger partial charge in [-0.3, -0.25) is 0 Å². The van der Waals surface area contributed by atoms with E-state index in [1.807, 2.05) is 12.3 Å². The van der Waals surface area contributed by atoms with Crippen molar-refractivity contribution in [3.8, 4) is 89.7 Å². The zero-order chi connectivity index (χ0) is 40.5. The van der Waals surface area contributed by atoms with Crippen LogP contribution in [0.15, 0.2) is 231 Å². The van der Waals surface area contributed by atoms with Crippen LogP contribution in [-0.2, 0) is 0 Å². The Balaban J connectivity index is 1.14. The first kappa shape index (κ1) is 35.9. The van der Waals surface area contributed by atoms with Crippen molar-refractivity contribution < 1.29 is 0 Å². The molecule has 4 nitrogen and oxygen atoms in total. The van der Waals surface area contributed by atoms with Gasteiger partial charge in [0.15, 0.2) is 5.82 Å². The van der Waals surface area contributed by atoms with Gasteiger partial charge in [0.1, 0.15) is 0 Å². The maximum atomic E-state index is 5.40. The van der Waals surface area contributed by atoms with Gasteiger partial charge >= 0.3 is 0 Å². The quantitative estimate of drug-likeness (QED) is 0.154. The summed E-state index contributed by atoms with van der Waals surface area (Å²) in [5.74, 6) is 0.654. The van der Waals surface area contributed by atoms with E-state index in [0.717, 1.165) is 100 Å². The van der Waals surface area contributed by atoms with Crippen LogP contribution in [-0.4, -0.2) is 19.6 Å². The summed E-state index contributed by atoms with van der Waals surface area (Å²) in [6.45, 7) is 0. The van der Waals surface area contributed by atoms with E-state index >= 15 is 0 Å². The summed E-state index contributed by atoms with van der Waals surface area (Å²) in [7, 11) is 0. The summed E-state index contributed by atoms with van der Waals surface area (Å²) < 4.78 is 2.14. The van der Waals surface area contributed by atoms with Crippen LogP contribution in [0, 0.1) is 0 Å². The molecule has 0 unspecified atom stereocenters. The zero-order valence-electron chi connectivity index (χ0n) is 33.2. The second-order valence-electron chi connectivity index (χ2n) is 15.3. The molecule has 11 rings (SSSR count). The van der Waals surface area contributed by atoms with Crippen molar-refractivity contribution in [2.75, 3.05) is 0 Å². The molecule has 0 radical (unpaired) electrons. The highest BCUT2D eigenvalue weighted by Crippen LogP contribution is 2.43. The fourth-order valence-corrected chi connectivity index (χ4v) is 8.57. The predicted octanol–water partition coefficient (Wildman–Crippen LogP) is 14.6. The molecule has 0 spiro atoms. The van der Waals surface area contributed by atoms with Crippen molar-refractivity contribution in [1.82, 2.24) is 19.6 Å². The lowest BCUT2D eigenvalue weighted by atomic mass is 9.91. The Morgan fingerprint density at radius 3 is 1.36 bits per heavy atom. The van der Waals surface area contributed by atoms with Gasteiger partial charge in [-0.2, -0.15) is 5.10 Å². The molecule has 0 saturated carbocycles. The van der Waals surface area contributed by atoms with Gasteiger partial charge in [0.2, 0.25) is 0 Å². The van der Waals surface area contributed by atoms with Crippen LogP contribution in [0.5, 0.6) is 0 Å². The molecule has 286 valence electrons. The van der Waals surface area contributed by atoms with Crippen molar-refractivity contribution in [3.05, 3.63) is 231 Å². The summed E-state index contributed by atoms with van der Waals surface area (Å²) in [5.41, 5.74) is 16.8. The summed E-state index contributed by atoms with van der Waals surface area (Å²) in [5, 5.41) is 7.41. The third kappa shape index (κ3) is 6.76. The third-order valence-corrected chi connectivity index (χ3v) is 11.4. The fraction of sp³-hybridized carbons (Fsp3) is 0. The Morgan fingerprint density at radius 2 is 0.754 bits per heavy atom. The van der Waals surface area contributed by atoms with Crippen molar-refractivity contribution >= 4 is 16.3 Å². The van der Waals surface area contributed by atoms with Gasteiger partial charge in [-0.25, -0.2) is 14.5 Å². The van der Waals surface area contributed by atoms with E-state index in [1.165, 1.54) is 0 Å². The predicted molar refractivity (Wildman–Crippen MR) is 252 cm³/mol. The van der Waals surface area contributed by atoms with E-state index in [9.17, 15) is 0 Å². The lowest BCUT2D eigenvalue weighted by Gasteiger charge is -2.18. The molecule has 3 heterocycles. The van der Waals surface area contributed by atoms with E-state index in [1.54, 1.807) is 0 Å². The number of rotatable bonds is 8.